The van der Waals surface area contributed by atoms with Crippen LogP contribution in [0, 0.1) is 10.1 Å². The zero-order valence-corrected chi connectivity index (χ0v) is 22.5. The number of carbonyl (C=O) groups is 1. The van der Waals surface area contributed by atoms with E-state index in [9.17, 15) is 23.3 Å². The van der Waals surface area contributed by atoms with Crippen LogP contribution in [0.15, 0.2) is 64.9 Å². The summed E-state index contributed by atoms with van der Waals surface area (Å²) in [7, 11) is -2.75. The van der Waals surface area contributed by atoms with E-state index in [0.717, 1.165) is 21.5 Å². The van der Waals surface area contributed by atoms with Crippen molar-refractivity contribution in [3.63, 3.8) is 0 Å². The molecule has 12 heteroatoms. The number of carbonyl (C=O) groups excluding carboxylic acids is 1. The van der Waals surface area contributed by atoms with Crippen LogP contribution in [0.5, 0.6) is 0 Å². The summed E-state index contributed by atoms with van der Waals surface area (Å²) in [6, 6.07) is 14.6. The van der Waals surface area contributed by atoms with Crippen molar-refractivity contribution in [3.8, 4) is 0 Å². The second-order valence-corrected chi connectivity index (χ2v) is 11.9. The number of hydrogen-bond acceptors (Lipinski definition) is 7. The molecule has 1 atom stereocenters. The van der Waals surface area contributed by atoms with Gasteiger partial charge in [0.25, 0.3) is 5.69 Å². The summed E-state index contributed by atoms with van der Waals surface area (Å²) in [5, 5.41) is 13.2. The van der Waals surface area contributed by atoms with Crippen LogP contribution < -0.4 is 0 Å². The summed E-state index contributed by atoms with van der Waals surface area (Å²) >= 11 is 7.54. The standard InChI is InChI=1S/C25H26ClN3O6S2/c1-35-14-5-12-27(37(33,34)19-8-9-21(26)22(16-19)29(31)32)17-24(30)28-13-10-23-20(11-15-36-23)25(28)18-6-3-2-4-7-18/h2-4,6-9,11,15-16,25H,5,10,12-14,17H2,1H3. The Morgan fingerprint density at radius 2 is 2.00 bits per heavy atom. The van der Waals surface area contributed by atoms with Crippen LogP contribution in [-0.4, -0.2) is 61.8 Å². The molecule has 1 aromatic heterocycles. The van der Waals surface area contributed by atoms with E-state index < -0.39 is 27.2 Å². The number of nitro groups is 1. The molecule has 0 bridgehead atoms. The van der Waals surface area contributed by atoms with Gasteiger partial charge in [0.15, 0.2) is 0 Å². The number of nitrogens with zero attached hydrogens (tertiary/aromatic N) is 3. The lowest BCUT2D eigenvalue weighted by Gasteiger charge is -2.37. The highest BCUT2D eigenvalue weighted by atomic mass is 35.5. The third-order valence-electron chi connectivity index (χ3n) is 6.22. The minimum Gasteiger partial charge on any atom is -0.385 e. The maximum absolute atomic E-state index is 13.7. The van der Waals surface area contributed by atoms with Gasteiger partial charge in [0, 0.05) is 37.7 Å². The Kier molecular flexibility index (Phi) is 8.60. The molecule has 37 heavy (non-hydrogen) atoms. The molecule has 1 amide bonds. The lowest BCUT2D eigenvalue weighted by Crippen LogP contribution is -2.47. The number of sulfonamides is 1. The number of amides is 1. The topological polar surface area (TPSA) is 110 Å². The van der Waals surface area contributed by atoms with Gasteiger partial charge >= 0.3 is 0 Å². The molecule has 3 aromatic rings. The molecule has 0 fully saturated rings. The molecule has 0 saturated carbocycles. The number of ether oxygens (including phenoxy) is 1. The fourth-order valence-electron chi connectivity index (χ4n) is 4.43. The van der Waals surface area contributed by atoms with Gasteiger partial charge in [0.05, 0.1) is 22.4 Å². The molecule has 1 aliphatic rings. The van der Waals surface area contributed by atoms with E-state index in [1.165, 1.54) is 24.1 Å². The van der Waals surface area contributed by atoms with Gasteiger partial charge in [-0.25, -0.2) is 8.42 Å². The van der Waals surface area contributed by atoms with E-state index in [2.05, 4.69) is 0 Å². The number of fused-ring (bicyclic) bond motifs is 1. The number of benzene rings is 2. The van der Waals surface area contributed by atoms with E-state index >= 15 is 0 Å². The molecular weight excluding hydrogens is 538 g/mol. The van der Waals surface area contributed by atoms with Crippen LogP contribution in [0.2, 0.25) is 5.02 Å². The predicted molar refractivity (Wildman–Crippen MR) is 141 cm³/mol. The lowest BCUT2D eigenvalue weighted by atomic mass is 9.93. The van der Waals surface area contributed by atoms with Crippen LogP contribution in [0.4, 0.5) is 5.69 Å². The molecule has 1 aliphatic heterocycles. The number of halogens is 1. The van der Waals surface area contributed by atoms with Crippen LogP contribution in [0.1, 0.15) is 28.5 Å². The molecule has 0 aliphatic carbocycles. The van der Waals surface area contributed by atoms with Crippen LogP contribution in [-0.2, 0) is 26.0 Å². The van der Waals surface area contributed by atoms with Crippen molar-refractivity contribution >= 4 is 44.6 Å². The van der Waals surface area contributed by atoms with E-state index in [4.69, 9.17) is 16.3 Å². The number of hydrogen-bond donors (Lipinski definition) is 0. The number of methoxy groups -OCH3 is 1. The maximum Gasteiger partial charge on any atom is 0.289 e. The van der Waals surface area contributed by atoms with E-state index in [1.807, 2.05) is 41.8 Å². The first-order valence-electron chi connectivity index (χ1n) is 11.6. The van der Waals surface area contributed by atoms with Crippen molar-refractivity contribution in [3.05, 3.63) is 91.1 Å². The van der Waals surface area contributed by atoms with Crippen LogP contribution in [0.25, 0.3) is 0 Å². The molecule has 4 rings (SSSR count). The summed E-state index contributed by atoms with van der Waals surface area (Å²) in [6.07, 6.45) is 1.03. The predicted octanol–water partition coefficient (Wildman–Crippen LogP) is 4.51. The van der Waals surface area contributed by atoms with Crippen LogP contribution in [0.3, 0.4) is 0 Å². The number of nitro benzene ring substituents is 1. The van der Waals surface area contributed by atoms with Crippen molar-refractivity contribution in [1.29, 1.82) is 0 Å². The average molecular weight is 564 g/mol. The highest BCUT2D eigenvalue weighted by molar-refractivity contribution is 7.89. The Morgan fingerprint density at radius 1 is 1.24 bits per heavy atom. The quantitative estimate of drug-likeness (QED) is 0.204. The SMILES string of the molecule is COCCCN(CC(=O)N1CCc2sccc2C1c1ccccc1)S(=O)(=O)c1ccc(Cl)c([N+](=O)[O-])c1. The van der Waals surface area contributed by atoms with Gasteiger partial charge in [0.2, 0.25) is 15.9 Å². The Balaban J connectivity index is 1.66. The first-order valence-corrected chi connectivity index (χ1v) is 14.3. The summed E-state index contributed by atoms with van der Waals surface area (Å²) in [5.41, 5.74) is 1.46. The first-order chi connectivity index (χ1) is 17.7. The Morgan fingerprint density at radius 3 is 2.70 bits per heavy atom. The maximum atomic E-state index is 13.7. The molecular formula is C25H26ClN3O6S2. The largest absolute Gasteiger partial charge is 0.385 e. The van der Waals surface area contributed by atoms with Gasteiger partial charge in [-0.2, -0.15) is 4.31 Å². The summed E-state index contributed by atoms with van der Waals surface area (Å²) < 4.78 is 33.3. The highest BCUT2D eigenvalue weighted by Crippen LogP contribution is 2.38. The number of rotatable bonds is 10. The molecule has 0 saturated heterocycles. The minimum absolute atomic E-state index is 0.00584. The van der Waals surface area contributed by atoms with Crippen molar-refractivity contribution < 1.29 is 22.9 Å². The van der Waals surface area contributed by atoms with Gasteiger partial charge < -0.3 is 9.64 Å². The average Bonchev–Trinajstić information content (AvgIpc) is 3.37. The van der Waals surface area contributed by atoms with Crippen molar-refractivity contribution in [2.75, 3.05) is 33.4 Å². The van der Waals surface area contributed by atoms with Gasteiger partial charge in [-0.3, -0.25) is 14.9 Å². The summed E-state index contributed by atoms with van der Waals surface area (Å²) in [6.45, 7) is 0.330. The highest BCUT2D eigenvalue weighted by Gasteiger charge is 2.36. The van der Waals surface area contributed by atoms with Crippen molar-refractivity contribution in [1.82, 2.24) is 9.21 Å². The van der Waals surface area contributed by atoms with Gasteiger partial charge in [-0.1, -0.05) is 41.9 Å². The zero-order chi connectivity index (χ0) is 26.6. The zero-order valence-electron chi connectivity index (χ0n) is 20.1. The number of thiophene rings is 1. The fourth-order valence-corrected chi connectivity index (χ4v) is 6.97. The smallest absolute Gasteiger partial charge is 0.289 e. The van der Waals surface area contributed by atoms with Gasteiger partial charge in [-0.05, 0) is 47.5 Å². The van der Waals surface area contributed by atoms with E-state index in [1.54, 1.807) is 16.2 Å². The van der Waals surface area contributed by atoms with Crippen molar-refractivity contribution in [2.24, 2.45) is 0 Å². The van der Waals surface area contributed by atoms with Crippen molar-refractivity contribution in [2.45, 2.75) is 23.8 Å². The summed E-state index contributed by atoms with van der Waals surface area (Å²) in [5.74, 6) is -0.352. The van der Waals surface area contributed by atoms with E-state index in [0.29, 0.717) is 19.4 Å². The molecule has 0 N–H and O–H groups in total. The molecule has 1 unspecified atom stereocenters. The minimum atomic E-state index is -4.25. The summed E-state index contributed by atoms with van der Waals surface area (Å²) in [4.78, 5) is 27.0. The monoisotopic (exact) mass is 563 g/mol. The Labute approximate surface area is 224 Å². The lowest BCUT2D eigenvalue weighted by molar-refractivity contribution is -0.384. The second-order valence-electron chi connectivity index (χ2n) is 8.50. The first kappa shape index (κ1) is 27.2. The normalized spacial score (nSPS) is 15.5. The van der Waals surface area contributed by atoms with Gasteiger partial charge in [0.1, 0.15) is 5.02 Å². The Bertz CT molecular complexity index is 1380. The van der Waals surface area contributed by atoms with Crippen LogP contribution >= 0.6 is 22.9 Å². The molecule has 9 nitrogen and oxygen atoms in total. The third kappa shape index (κ3) is 5.86. The fraction of sp³-hybridized carbons (Fsp3) is 0.320. The molecule has 196 valence electrons. The third-order valence-corrected chi connectivity index (χ3v) is 9.38. The molecule has 2 aromatic carbocycles. The molecule has 0 spiro atoms. The van der Waals surface area contributed by atoms with Gasteiger partial charge in [-0.15, -0.1) is 11.3 Å². The molecule has 2 heterocycles. The Hall–Kier alpha value is -2.83. The van der Waals surface area contributed by atoms with E-state index in [-0.39, 0.29) is 35.0 Å². The second kappa shape index (κ2) is 11.7. The molecule has 0 radical (unpaired) electrons.